The van der Waals surface area contributed by atoms with Gasteiger partial charge in [0.2, 0.25) is 5.91 Å². The second-order valence-corrected chi connectivity index (χ2v) is 5.77. The highest BCUT2D eigenvalue weighted by Gasteiger charge is 2.42. The van der Waals surface area contributed by atoms with Gasteiger partial charge in [0.25, 0.3) is 0 Å². The van der Waals surface area contributed by atoms with Gasteiger partial charge < -0.3 is 5.32 Å². The number of benzene rings is 1. The average molecular weight is 285 g/mol. The van der Waals surface area contributed by atoms with Crippen LogP contribution in [0.15, 0.2) is 24.3 Å². The third kappa shape index (κ3) is 3.14. The Hall–Kier alpha value is -1.52. The smallest absolute Gasteiger partial charge is 0.349 e. The van der Waals surface area contributed by atoms with Crippen LogP contribution in [0.4, 0.5) is 13.2 Å². The largest absolute Gasteiger partial charge is 0.397 e. The van der Waals surface area contributed by atoms with Gasteiger partial charge in [0.15, 0.2) is 0 Å². The number of carbonyl (C=O) groups excluding carboxylic acids is 1. The number of fused-ring (bicyclic) bond motifs is 1. The van der Waals surface area contributed by atoms with Crippen LogP contribution in [0.5, 0.6) is 0 Å². The van der Waals surface area contributed by atoms with Crippen molar-refractivity contribution in [2.24, 2.45) is 5.92 Å². The molecule has 0 unspecified atom stereocenters. The molecule has 0 fully saturated rings. The molecule has 20 heavy (non-hydrogen) atoms. The molecule has 1 aliphatic rings. The Morgan fingerprint density at radius 3 is 2.15 bits per heavy atom. The highest BCUT2D eigenvalue weighted by Crippen LogP contribution is 2.35. The van der Waals surface area contributed by atoms with Crippen LogP contribution in [-0.4, -0.2) is 17.6 Å². The molecule has 0 spiro atoms. The fraction of sp³-hybridized carbons (Fsp3) is 0.533. The Bertz CT molecular complexity index is 483. The normalized spacial score (nSPS) is 17.1. The van der Waals surface area contributed by atoms with E-state index in [1.54, 1.807) is 0 Å². The first-order valence-corrected chi connectivity index (χ1v) is 6.66. The molecule has 1 N–H and O–H groups in total. The molecule has 0 aliphatic heterocycles. The minimum absolute atomic E-state index is 0.0621. The zero-order valence-corrected chi connectivity index (χ0v) is 11.6. The second kappa shape index (κ2) is 5.11. The van der Waals surface area contributed by atoms with Crippen LogP contribution < -0.4 is 5.32 Å². The van der Waals surface area contributed by atoms with Gasteiger partial charge in [-0.2, -0.15) is 13.2 Å². The Balaban J connectivity index is 2.16. The predicted octanol–water partition coefficient (Wildman–Crippen LogP) is 3.25. The Kier molecular flexibility index (Phi) is 3.80. The molecular formula is C15H18F3NO. The van der Waals surface area contributed by atoms with E-state index in [-0.39, 0.29) is 5.92 Å². The third-order valence-electron chi connectivity index (χ3n) is 3.98. The zero-order valence-electron chi connectivity index (χ0n) is 11.6. The van der Waals surface area contributed by atoms with Gasteiger partial charge in [-0.15, -0.1) is 0 Å². The summed E-state index contributed by atoms with van der Waals surface area (Å²) in [5.41, 5.74) is 1.61. The van der Waals surface area contributed by atoms with E-state index in [4.69, 9.17) is 0 Å². The Morgan fingerprint density at radius 1 is 1.25 bits per heavy atom. The van der Waals surface area contributed by atoms with Gasteiger partial charge >= 0.3 is 6.18 Å². The van der Waals surface area contributed by atoms with Gasteiger partial charge in [-0.25, -0.2) is 0 Å². The molecule has 1 aliphatic carbocycles. The molecule has 1 amide bonds. The van der Waals surface area contributed by atoms with Crippen molar-refractivity contribution >= 4 is 5.91 Å². The summed E-state index contributed by atoms with van der Waals surface area (Å²) in [6.45, 7) is 3.86. The zero-order chi connectivity index (χ0) is 15.0. The topological polar surface area (TPSA) is 29.1 Å². The SMILES string of the molecule is CC(C)C1(NC(=O)CC(F)(F)F)Cc2ccccc2C1. The van der Waals surface area contributed by atoms with Crippen molar-refractivity contribution in [3.63, 3.8) is 0 Å². The summed E-state index contributed by atoms with van der Waals surface area (Å²) in [5.74, 6) is -0.883. The Labute approximate surface area is 116 Å². The predicted molar refractivity (Wildman–Crippen MR) is 70.2 cm³/mol. The molecule has 110 valence electrons. The Morgan fingerprint density at radius 2 is 1.75 bits per heavy atom. The number of halogens is 3. The van der Waals surface area contributed by atoms with Crippen LogP contribution in [0.1, 0.15) is 31.4 Å². The molecule has 1 aromatic rings. The number of hydrogen-bond donors (Lipinski definition) is 1. The van der Waals surface area contributed by atoms with Crippen molar-refractivity contribution in [3.8, 4) is 0 Å². The molecule has 0 radical (unpaired) electrons. The maximum absolute atomic E-state index is 12.3. The summed E-state index contributed by atoms with van der Waals surface area (Å²) in [5, 5.41) is 2.64. The average Bonchev–Trinajstić information content (AvgIpc) is 2.65. The van der Waals surface area contributed by atoms with E-state index in [1.807, 2.05) is 38.1 Å². The molecule has 0 saturated carbocycles. The lowest BCUT2D eigenvalue weighted by atomic mass is 9.83. The summed E-state index contributed by atoms with van der Waals surface area (Å²) in [6.07, 6.45) is -4.71. The number of hydrogen-bond acceptors (Lipinski definition) is 1. The lowest BCUT2D eigenvalue weighted by Crippen LogP contribution is -2.54. The molecule has 2 rings (SSSR count). The lowest BCUT2D eigenvalue weighted by Gasteiger charge is -2.35. The van der Waals surface area contributed by atoms with Crippen LogP contribution in [-0.2, 0) is 17.6 Å². The van der Waals surface area contributed by atoms with Crippen LogP contribution in [0.3, 0.4) is 0 Å². The van der Waals surface area contributed by atoms with Crippen LogP contribution in [0.25, 0.3) is 0 Å². The van der Waals surface area contributed by atoms with Crippen LogP contribution >= 0.6 is 0 Å². The summed E-state index contributed by atoms with van der Waals surface area (Å²) < 4.78 is 36.9. The molecular weight excluding hydrogens is 267 g/mol. The van der Waals surface area contributed by atoms with Gasteiger partial charge in [0.1, 0.15) is 6.42 Å². The van der Waals surface area contributed by atoms with Crippen molar-refractivity contribution in [1.29, 1.82) is 0 Å². The quantitative estimate of drug-likeness (QED) is 0.907. The van der Waals surface area contributed by atoms with Gasteiger partial charge in [-0.05, 0) is 29.9 Å². The number of carbonyl (C=O) groups is 1. The molecule has 1 aromatic carbocycles. The highest BCUT2D eigenvalue weighted by atomic mass is 19.4. The first kappa shape index (κ1) is 14.9. The third-order valence-corrected chi connectivity index (χ3v) is 3.98. The monoisotopic (exact) mass is 285 g/mol. The number of rotatable bonds is 3. The fourth-order valence-corrected chi connectivity index (χ4v) is 2.79. The van der Waals surface area contributed by atoms with Crippen molar-refractivity contribution in [3.05, 3.63) is 35.4 Å². The minimum Gasteiger partial charge on any atom is -0.349 e. The summed E-state index contributed by atoms with van der Waals surface area (Å²) in [4.78, 5) is 11.6. The van der Waals surface area contributed by atoms with Crippen LogP contribution in [0.2, 0.25) is 0 Å². The van der Waals surface area contributed by atoms with Gasteiger partial charge in [0.05, 0.1) is 5.54 Å². The molecule has 0 aromatic heterocycles. The van der Waals surface area contributed by atoms with E-state index in [0.29, 0.717) is 12.8 Å². The summed E-state index contributed by atoms with van der Waals surface area (Å²) in [7, 11) is 0. The molecule has 2 nitrogen and oxygen atoms in total. The van der Waals surface area contributed by atoms with E-state index in [1.165, 1.54) is 0 Å². The maximum Gasteiger partial charge on any atom is 0.397 e. The van der Waals surface area contributed by atoms with E-state index >= 15 is 0 Å². The van der Waals surface area contributed by atoms with Gasteiger partial charge in [-0.1, -0.05) is 38.1 Å². The standard InChI is InChI=1S/C15H18F3NO/c1-10(2)14(19-13(20)9-15(16,17)18)7-11-5-3-4-6-12(11)8-14/h3-6,10H,7-9H2,1-2H3,(H,19,20). The van der Waals surface area contributed by atoms with Crippen molar-refractivity contribution in [2.45, 2.75) is 44.8 Å². The summed E-state index contributed by atoms with van der Waals surface area (Å²) >= 11 is 0. The number of amides is 1. The maximum atomic E-state index is 12.3. The molecule has 0 saturated heterocycles. The van der Waals surface area contributed by atoms with Crippen molar-refractivity contribution in [2.75, 3.05) is 0 Å². The van der Waals surface area contributed by atoms with Gasteiger partial charge in [0, 0.05) is 0 Å². The first-order chi connectivity index (χ1) is 9.22. The second-order valence-electron chi connectivity index (χ2n) is 5.77. The van der Waals surface area contributed by atoms with E-state index < -0.39 is 24.0 Å². The van der Waals surface area contributed by atoms with E-state index in [2.05, 4.69) is 5.32 Å². The van der Waals surface area contributed by atoms with Crippen molar-refractivity contribution in [1.82, 2.24) is 5.32 Å². The van der Waals surface area contributed by atoms with E-state index in [9.17, 15) is 18.0 Å². The van der Waals surface area contributed by atoms with Crippen molar-refractivity contribution < 1.29 is 18.0 Å². The van der Waals surface area contributed by atoms with Crippen LogP contribution in [0, 0.1) is 5.92 Å². The number of alkyl halides is 3. The van der Waals surface area contributed by atoms with E-state index in [0.717, 1.165) is 11.1 Å². The molecule has 0 heterocycles. The summed E-state index contributed by atoms with van der Waals surface area (Å²) in [6, 6.07) is 7.75. The highest BCUT2D eigenvalue weighted by molar-refractivity contribution is 5.77. The number of nitrogens with one attached hydrogen (secondary N) is 1. The molecule has 0 atom stereocenters. The van der Waals surface area contributed by atoms with Gasteiger partial charge in [-0.3, -0.25) is 4.79 Å². The first-order valence-electron chi connectivity index (χ1n) is 6.66. The lowest BCUT2D eigenvalue weighted by molar-refractivity contribution is -0.155. The fourth-order valence-electron chi connectivity index (χ4n) is 2.79. The molecule has 5 heteroatoms. The molecule has 0 bridgehead atoms. The minimum atomic E-state index is -4.46.